The van der Waals surface area contributed by atoms with Crippen LogP contribution >= 0.6 is 0 Å². The van der Waals surface area contributed by atoms with Gasteiger partial charge in [-0.3, -0.25) is 4.79 Å². The minimum absolute atomic E-state index is 0.116. The summed E-state index contributed by atoms with van der Waals surface area (Å²) >= 11 is 0. The summed E-state index contributed by atoms with van der Waals surface area (Å²) in [4.78, 5) is 27.4. The number of hydrogen-bond acceptors (Lipinski definition) is 8. The second-order valence-corrected chi connectivity index (χ2v) is 11.5. The molecule has 2 heterocycles. The Hall–Kier alpha value is -3.74. The zero-order valence-corrected chi connectivity index (χ0v) is 22.5. The van der Waals surface area contributed by atoms with Gasteiger partial charge in [0.2, 0.25) is 15.8 Å². The van der Waals surface area contributed by atoms with Gasteiger partial charge < -0.3 is 15.5 Å². The van der Waals surface area contributed by atoms with Gasteiger partial charge in [-0.15, -0.1) is 0 Å². The maximum Gasteiger partial charge on any atom is 0.416 e. The number of halogens is 3. The predicted octanol–water partition coefficient (Wildman–Crippen LogP) is 4.25. The molecule has 1 fully saturated rings. The van der Waals surface area contributed by atoms with Crippen molar-refractivity contribution in [3.8, 4) is 0 Å². The molecule has 1 saturated carbocycles. The van der Waals surface area contributed by atoms with E-state index < -0.39 is 32.5 Å². The lowest BCUT2D eigenvalue weighted by molar-refractivity contribution is -0.137. The highest BCUT2D eigenvalue weighted by Gasteiger charge is 2.32. The summed E-state index contributed by atoms with van der Waals surface area (Å²) < 4.78 is 65.0. The number of pyridine rings is 1. The van der Waals surface area contributed by atoms with Gasteiger partial charge in [-0.05, 0) is 69.0 Å². The van der Waals surface area contributed by atoms with E-state index in [-0.39, 0.29) is 22.5 Å². The van der Waals surface area contributed by atoms with Gasteiger partial charge in [-0.2, -0.15) is 18.2 Å². The van der Waals surface area contributed by atoms with Crippen LogP contribution in [0, 0.1) is 6.92 Å². The van der Waals surface area contributed by atoms with Gasteiger partial charge in [0, 0.05) is 44.1 Å². The smallest absolute Gasteiger partial charge is 0.362 e. The fourth-order valence-electron chi connectivity index (χ4n) is 4.50. The van der Waals surface area contributed by atoms with Gasteiger partial charge in [0.25, 0.3) is 5.91 Å². The molecule has 3 aromatic rings. The summed E-state index contributed by atoms with van der Waals surface area (Å²) in [6.45, 7) is 1.94. The first kappa shape index (κ1) is 28.3. The number of sulfone groups is 1. The molecule has 13 heteroatoms. The monoisotopic (exact) mass is 562 g/mol. The number of aromatic nitrogens is 3. The average molecular weight is 563 g/mol. The third kappa shape index (κ3) is 6.47. The summed E-state index contributed by atoms with van der Waals surface area (Å²) in [6.07, 6.45) is 1.16. The first-order valence-electron chi connectivity index (χ1n) is 12.3. The molecule has 0 atom stereocenters. The summed E-state index contributed by atoms with van der Waals surface area (Å²) in [5.74, 6) is 0.750. The van der Waals surface area contributed by atoms with Gasteiger partial charge in [-0.1, -0.05) is 0 Å². The average Bonchev–Trinajstić information content (AvgIpc) is 2.90. The number of nitrogens with one attached hydrogen (secondary N) is 2. The van der Waals surface area contributed by atoms with Crippen molar-refractivity contribution in [2.75, 3.05) is 24.3 Å². The zero-order valence-electron chi connectivity index (χ0n) is 21.7. The van der Waals surface area contributed by atoms with E-state index in [1.807, 2.05) is 25.9 Å². The standard InChI is InChI=1S/C26H29F3N6O3S/c1-16-15-31-25(34-22(16)35(2)3)33-19-10-8-18(9-11-19)32-23(36)21-5-4-14-30-24(21)39(37,38)20-12-6-17(7-13-20)26(27,28)29/h4-7,12-15,18-19H,8-11H2,1-3H3,(H,32,36)(H,31,33,34). The molecule has 208 valence electrons. The molecule has 1 aliphatic rings. The number of amides is 1. The molecule has 0 spiro atoms. The largest absolute Gasteiger partial charge is 0.416 e. The van der Waals surface area contributed by atoms with E-state index in [0.29, 0.717) is 30.9 Å². The SMILES string of the molecule is Cc1cnc(NC2CCC(NC(=O)c3cccnc3S(=O)(=O)c3ccc(C(F)(F)F)cc3)CC2)nc1N(C)C. The summed E-state index contributed by atoms with van der Waals surface area (Å²) in [5.41, 5.74) is -0.174. The van der Waals surface area contributed by atoms with E-state index in [2.05, 4.69) is 25.6 Å². The number of anilines is 2. The van der Waals surface area contributed by atoms with Gasteiger partial charge in [0.15, 0.2) is 5.03 Å². The molecule has 39 heavy (non-hydrogen) atoms. The zero-order chi connectivity index (χ0) is 28.4. The number of carbonyl (C=O) groups excluding carboxylic acids is 1. The van der Waals surface area contributed by atoms with E-state index in [4.69, 9.17) is 0 Å². The maximum atomic E-state index is 13.2. The fraction of sp³-hybridized carbons (Fsp3) is 0.385. The van der Waals surface area contributed by atoms with E-state index >= 15 is 0 Å². The minimum atomic E-state index is -4.60. The van der Waals surface area contributed by atoms with Crippen molar-refractivity contribution in [2.45, 2.75) is 60.8 Å². The van der Waals surface area contributed by atoms with E-state index in [9.17, 15) is 26.4 Å². The minimum Gasteiger partial charge on any atom is -0.362 e. The first-order valence-corrected chi connectivity index (χ1v) is 13.8. The number of hydrogen-bond donors (Lipinski definition) is 2. The Bertz CT molecular complexity index is 1440. The molecule has 2 aromatic heterocycles. The van der Waals surface area contributed by atoms with Crippen LogP contribution in [0.1, 0.15) is 47.2 Å². The van der Waals surface area contributed by atoms with Crippen molar-refractivity contribution >= 4 is 27.5 Å². The molecule has 1 aliphatic carbocycles. The Morgan fingerprint density at radius 3 is 2.26 bits per heavy atom. The van der Waals surface area contributed by atoms with Crippen molar-refractivity contribution in [3.05, 3.63) is 65.5 Å². The quantitative estimate of drug-likeness (QED) is 0.439. The number of carbonyl (C=O) groups is 1. The normalized spacial score (nSPS) is 17.9. The van der Waals surface area contributed by atoms with Crippen molar-refractivity contribution in [3.63, 3.8) is 0 Å². The second kappa shape index (κ2) is 11.2. The first-order chi connectivity index (χ1) is 18.4. The Morgan fingerprint density at radius 1 is 1.00 bits per heavy atom. The Kier molecular flexibility index (Phi) is 8.09. The Balaban J connectivity index is 1.42. The van der Waals surface area contributed by atoms with Crippen LogP contribution in [0.5, 0.6) is 0 Å². The molecule has 0 radical (unpaired) electrons. The molecule has 9 nitrogen and oxygen atoms in total. The van der Waals surface area contributed by atoms with E-state index in [0.717, 1.165) is 36.4 Å². The lowest BCUT2D eigenvalue weighted by atomic mass is 9.91. The van der Waals surface area contributed by atoms with Crippen LogP contribution < -0.4 is 15.5 Å². The van der Waals surface area contributed by atoms with Crippen molar-refractivity contribution < 1.29 is 26.4 Å². The summed E-state index contributed by atoms with van der Waals surface area (Å²) in [7, 11) is -0.516. The van der Waals surface area contributed by atoms with Gasteiger partial charge >= 0.3 is 6.18 Å². The summed E-state index contributed by atoms with van der Waals surface area (Å²) in [6, 6.07) is 5.80. The Morgan fingerprint density at radius 2 is 1.64 bits per heavy atom. The number of benzene rings is 1. The highest BCUT2D eigenvalue weighted by Crippen LogP contribution is 2.31. The topological polar surface area (TPSA) is 117 Å². The number of rotatable bonds is 7. The highest BCUT2D eigenvalue weighted by atomic mass is 32.2. The van der Waals surface area contributed by atoms with Gasteiger partial charge in [0.05, 0.1) is 16.0 Å². The third-order valence-corrected chi connectivity index (χ3v) is 8.25. The number of alkyl halides is 3. The lowest BCUT2D eigenvalue weighted by Crippen LogP contribution is -2.40. The molecule has 0 saturated heterocycles. The molecule has 0 bridgehead atoms. The number of nitrogens with zero attached hydrogens (tertiary/aromatic N) is 4. The van der Waals surface area contributed by atoms with Crippen molar-refractivity contribution in [2.24, 2.45) is 0 Å². The van der Waals surface area contributed by atoms with Crippen LogP contribution in [-0.2, 0) is 16.0 Å². The van der Waals surface area contributed by atoms with E-state index in [1.54, 1.807) is 6.20 Å². The van der Waals surface area contributed by atoms with Crippen LogP contribution in [0.4, 0.5) is 24.9 Å². The fourth-order valence-corrected chi connectivity index (χ4v) is 5.86. The van der Waals surface area contributed by atoms with Crippen LogP contribution in [0.25, 0.3) is 0 Å². The van der Waals surface area contributed by atoms with Gasteiger partial charge in [0.1, 0.15) is 5.82 Å². The molecule has 4 rings (SSSR count). The molecule has 1 amide bonds. The predicted molar refractivity (Wildman–Crippen MR) is 139 cm³/mol. The second-order valence-electron chi connectivity index (χ2n) is 9.64. The van der Waals surface area contributed by atoms with Crippen LogP contribution in [0.2, 0.25) is 0 Å². The highest BCUT2D eigenvalue weighted by molar-refractivity contribution is 7.91. The van der Waals surface area contributed by atoms with Crippen LogP contribution in [0.15, 0.2) is 58.7 Å². The van der Waals surface area contributed by atoms with Crippen LogP contribution in [0.3, 0.4) is 0 Å². The van der Waals surface area contributed by atoms with Crippen molar-refractivity contribution in [1.29, 1.82) is 0 Å². The van der Waals surface area contributed by atoms with Crippen molar-refractivity contribution in [1.82, 2.24) is 20.3 Å². The molecular formula is C26H29F3N6O3S. The molecule has 0 aliphatic heterocycles. The maximum absolute atomic E-state index is 13.2. The van der Waals surface area contributed by atoms with Gasteiger partial charge in [-0.25, -0.2) is 18.4 Å². The third-order valence-electron chi connectivity index (χ3n) is 6.53. The van der Waals surface area contributed by atoms with E-state index in [1.165, 1.54) is 18.3 Å². The molecule has 1 aromatic carbocycles. The Labute approximate surface area is 224 Å². The lowest BCUT2D eigenvalue weighted by Gasteiger charge is -2.30. The summed E-state index contributed by atoms with van der Waals surface area (Å²) in [5, 5.41) is 5.73. The molecular weight excluding hydrogens is 533 g/mol. The van der Waals surface area contributed by atoms with Crippen LogP contribution in [-0.4, -0.2) is 55.5 Å². The number of aryl methyl sites for hydroxylation is 1. The molecule has 2 N–H and O–H groups in total. The molecule has 0 unspecified atom stereocenters.